The number of hydrogen-bond acceptors (Lipinski definition) is 6. The maximum absolute atomic E-state index is 14.3. The van der Waals surface area contributed by atoms with Gasteiger partial charge in [-0.3, -0.25) is 14.4 Å². The molecule has 2 amide bonds. The van der Waals surface area contributed by atoms with Gasteiger partial charge in [-0.05, 0) is 44.7 Å². The highest BCUT2D eigenvalue weighted by molar-refractivity contribution is 6.34. The number of allylic oxidation sites excluding steroid dienone is 1. The number of aliphatic hydroxyl groups excluding tert-OH is 1. The van der Waals surface area contributed by atoms with Crippen LogP contribution in [0.1, 0.15) is 31.7 Å². The van der Waals surface area contributed by atoms with Crippen LogP contribution >= 0.6 is 11.6 Å². The minimum absolute atomic E-state index is 0.0612. The molecule has 4 aliphatic rings. The fourth-order valence-electron chi connectivity index (χ4n) is 6.31. The number of ether oxygens (including phenoxy) is 2. The first-order valence-corrected chi connectivity index (χ1v) is 12.8. The van der Waals surface area contributed by atoms with Crippen molar-refractivity contribution in [2.24, 2.45) is 11.8 Å². The molecule has 1 aromatic carbocycles. The number of rotatable bonds is 3. The largest absolute Gasteiger partial charge is 0.465 e. The van der Waals surface area contributed by atoms with Crippen LogP contribution in [0.3, 0.4) is 0 Å². The molecule has 0 radical (unpaired) electrons. The molecular formula is C27H31ClN2O6. The van der Waals surface area contributed by atoms with Crippen molar-refractivity contribution in [3.05, 3.63) is 53.1 Å². The first-order chi connectivity index (χ1) is 17.2. The van der Waals surface area contributed by atoms with Gasteiger partial charge in [0.2, 0.25) is 5.91 Å². The second kappa shape index (κ2) is 9.32. The number of anilines is 1. The number of cyclic esters (lactones) is 1. The van der Waals surface area contributed by atoms with Gasteiger partial charge in [-0.25, -0.2) is 0 Å². The van der Waals surface area contributed by atoms with Crippen LogP contribution in [0.5, 0.6) is 0 Å². The molecule has 1 aromatic rings. The summed E-state index contributed by atoms with van der Waals surface area (Å²) in [5.41, 5.74) is -1.16. The first kappa shape index (κ1) is 25.0. The molecular weight excluding hydrogens is 484 g/mol. The van der Waals surface area contributed by atoms with Gasteiger partial charge in [0.05, 0.1) is 35.4 Å². The molecule has 5 rings (SSSR count). The fourth-order valence-corrected chi connectivity index (χ4v) is 6.63. The molecule has 4 aliphatic heterocycles. The zero-order chi connectivity index (χ0) is 25.7. The van der Waals surface area contributed by atoms with Crippen LogP contribution in [0.4, 0.5) is 5.69 Å². The van der Waals surface area contributed by atoms with Crippen LogP contribution in [0.2, 0.25) is 5.02 Å². The number of para-hydroxylation sites is 1. The molecule has 1 unspecified atom stereocenters. The van der Waals surface area contributed by atoms with E-state index >= 15 is 0 Å². The van der Waals surface area contributed by atoms with Crippen LogP contribution in [-0.4, -0.2) is 71.3 Å². The lowest BCUT2D eigenvalue weighted by Gasteiger charge is -2.37. The third-order valence-corrected chi connectivity index (χ3v) is 8.10. The third-order valence-electron chi connectivity index (χ3n) is 7.80. The van der Waals surface area contributed by atoms with E-state index in [1.807, 2.05) is 31.2 Å². The van der Waals surface area contributed by atoms with Gasteiger partial charge in [0.15, 0.2) is 0 Å². The number of benzene rings is 1. The van der Waals surface area contributed by atoms with E-state index in [2.05, 4.69) is 0 Å². The molecule has 2 fully saturated rings. The van der Waals surface area contributed by atoms with Gasteiger partial charge < -0.3 is 24.4 Å². The van der Waals surface area contributed by atoms with Gasteiger partial charge in [-0.15, -0.1) is 0 Å². The average molecular weight is 515 g/mol. The monoisotopic (exact) mass is 514 g/mol. The van der Waals surface area contributed by atoms with Gasteiger partial charge in [0.1, 0.15) is 17.6 Å². The number of aryl methyl sites for hydroxylation is 1. The number of fused-ring (bicyclic) bond motifs is 2. The third kappa shape index (κ3) is 3.69. The number of hydrogen-bond donors (Lipinski definition) is 1. The highest BCUT2D eigenvalue weighted by Gasteiger charge is 2.74. The predicted octanol–water partition coefficient (Wildman–Crippen LogP) is 2.80. The molecule has 192 valence electrons. The Morgan fingerprint density at radius 1 is 1.11 bits per heavy atom. The molecule has 9 heteroatoms. The van der Waals surface area contributed by atoms with Crippen molar-refractivity contribution in [3.63, 3.8) is 0 Å². The molecule has 0 bridgehead atoms. The summed E-state index contributed by atoms with van der Waals surface area (Å²) in [5.74, 6) is -3.18. The van der Waals surface area contributed by atoms with Crippen LogP contribution in [0.25, 0.3) is 0 Å². The second-order valence-electron chi connectivity index (χ2n) is 10.1. The van der Waals surface area contributed by atoms with Crippen LogP contribution < -0.4 is 4.90 Å². The Labute approximate surface area is 215 Å². The summed E-state index contributed by atoms with van der Waals surface area (Å²) in [5, 5.41) is 10.2. The molecule has 0 aliphatic carbocycles. The van der Waals surface area contributed by atoms with Crippen molar-refractivity contribution in [3.8, 4) is 0 Å². The van der Waals surface area contributed by atoms with E-state index in [9.17, 15) is 19.5 Å². The number of carbonyl (C=O) groups is 3. The maximum atomic E-state index is 14.3. The minimum Gasteiger partial charge on any atom is -0.465 e. The summed E-state index contributed by atoms with van der Waals surface area (Å²) in [6, 6.07) is 4.33. The number of β-amino-alcohol motifs (C(OH)–C–C–N with tert-alkyl or cyclic N) is 1. The van der Waals surface area contributed by atoms with Gasteiger partial charge in [-0.1, -0.05) is 48.0 Å². The Kier molecular flexibility index (Phi) is 6.47. The number of aliphatic hydroxyl groups is 1. The molecule has 5 atom stereocenters. The molecule has 1 N–H and O–H groups in total. The van der Waals surface area contributed by atoms with Crippen LogP contribution in [0.15, 0.2) is 42.5 Å². The molecule has 2 saturated heterocycles. The van der Waals surface area contributed by atoms with Gasteiger partial charge in [0.25, 0.3) is 5.91 Å². The standard InChI is InChI=1S/C27H31ClN2O6/c1-17-9-7-10-18(28)21(17)29-13-8-12-27-19(23(32)30(14-15-31)22(27)24(29)33)20-25(34)35-16-6-4-3-5-11-26(20,2)36-27/h5,7-12,19-20,22,31H,3-4,6,13-16H2,1-2H3/b11-5-/t19-,20-,22?,26+,27-/m0/s1. The van der Waals surface area contributed by atoms with E-state index in [0.29, 0.717) is 10.7 Å². The van der Waals surface area contributed by atoms with Crippen LogP contribution in [-0.2, 0) is 23.9 Å². The lowest BCUT2D eigenvalue weighted by molar-refractivity contribution is -0.158. The van der Waals surface area contributed by atoms with E-state index in [1.54, 1.807) is 30.0 Å². The smallest absolute Gasteiger partial charge is 0.313 e. The van der Waals surface area contributed by atoms with Crippen molar-refractivity contribution in [2.75, 3.05) is 31.2 Å². The summed E-state index contributed by atoms with van der Waals surface area (Å²) < 4.78 is 12.3. The van der Waals surface area contributed by atoms with Gasteiger partial charge in [0, 0.05) is 13.1 Å². The van der Waals surface area contributed by atoms with E-state index in [4.69, 9.17) is 21.1 Å². The van der Waals surface area contributed by atoms with Crippen LogP contribution in [0, 0.1) is 18.8 Å². The average Bonchev–Trinajstić information content (AvgIpc) is 3.15. The number of carbonyl (C=O) groups excluding carboxylic acids is 3. The Morgan fingerprint density at radius 3 is 2.67 bits per heavy atom. The Bertz CT molecular complexity index is 1130. The van der Waals surface area contributed by atoms with Gasteiger partial charge in [-0.2, -0.15) is 0 Å². The van der Waals surface area contributed by atoms with Crippen molar-refractivity contribution < 1.29 is 29.0 Å². The summed E-state index contributed by atoms with van der Waals surface area (Å²) in [6.45, 7) is 3.75. The van der Waals surface area contributed by atoms with Crippen molar-refractivity contribution in [2.45, 2.75) is 50.4 Å². The zero-order valence-electron chi connectivity index (χ0n) is 20.5. The molecule has 1 spiro atoms. The van der Waals surface area contributed by atoms with E-state index in [1.165, 1.54) is 4.90 Å². The van der Waals surface area contributed by atoms with Crippen molar-refractivity contribution in [1.82, 2.24) is 4.90 Å². The van der Waals surface area contributed by atoms with E-state index < -0.39 is 41.0 Å². The van der Waals surface area contributed by atoms with Crippen molar-refractivity contribution in [1.29, 1.82) is 0 Å². The Morgan fingerprint density at radius 2 is 1.92 bits per heavy atom. The molecule has 0 aromatic heterocycles. The Balaban J connectivity index is 1.66. The summed E-state index contributed by atoms with van der Waals surface area (Å²) >= 11 is 6.53. The first-order valence-electron chi connectivity index (χ1n) is 12.5. The number of nitrogens with zero attached hydrogens (tertiary/aromatic N) is 2. The maximum Gasteiger partial charge on any atom is 0.313 e. The number of likely N-dealkylation sites (tertiary alicyclic amines) is 1. The summed E-state index contributed by atoms with van der Waals surface area (Å²) in [4.78, 5) is 44.5. The zero-order valence-corrected chi connectivity index (χ0v) is 21.2. The molecule has 0 saturated carbocycles. The van der Waals surface area contributed by atoms with E-state index in [0.717, 1.165) is 24.8 Å². The summed E-state index contributed by atoms with van der Waals surface area (Å²) in [6.07, 6.45) is 9.79. The van der Waals surface area contributed by atoms with Crippen molar-refractivity contribution >= 4 is 35.1 Å². The number of esters is 1. The quantitative estimate of drug-likeness (QED) is 0.492. The topological polar surface area (TPSA) is 96.4 Å². The summed E-state index contributed by atoms with van der Waals surface area (Å²) in [7, 11) is 0. The highest BCUT2D eigenvalue weighted by Crippen LogP contribution is 2.57. The lowest BCUT2D eigenvalue weighted by atomic mass is 9.74. The van der Waals surface area contributed by atoms with Gasteiger partial charge >= 0.3 is 5.97 Å². The highest BCUT2D eigenvalue weighted by atomic mass is 35.5. The SMILES string of the molecule is Cc1cccc(Cl)c1N1CC=C[C@]23O[C@]4(C)/C=C\CCCCOC(=O)[C@@H]4[C@H]2C(=O)N(CCO)C3C1=O. The molecule has 8 nitrogen and oxygen atoms in total. The predicted molar refractivity (Wildman–Crippen MR) is 133 cm³/mol. The lowest BCUT2D eigenvalue weighted by Crippen LogP contribution is -2.56. The van der Waals surface area contributed by atoms with E-state index in [-0.39, 0.29) is 32.2 Å². The second-order valence-corrected chi connectivity index (χ2v) is 10.5. The number of halogens is 1. The normalized spacial score (nSPS) is 35.1. The minimum atomic E-state index is -1.40. The molecule has 36 heavy (non-hydrogen) atoms. The Hall–Kier alpha value is -2.68. The number of amides is 2. The molecule has 4 heterocycles. The fraction of sp³-hybridized carbons (Fsp3) is 0.519.